The van der Waals surface area contributed by atoms with E-state index in [0.29, 0.717) is 42.5 Å². The summed E-state index contributed by atoms with van der Waals surface area (Å²) in [4.78, 5) is 12.2. The number of aromatic nitrogens is 2. The van der Waals surface area contributed by atoms with Crippen molar-refractivity contribution in [3.63, 3.8) is 0 Å². The molecule has 0 unspecified atom stereocenters. The van der Waals surface area contributed by atoms with Crippen LogP contribution in [0.3, 0.4) is 0 Å². The molecular weight excluding hydrogens is 380 g/mol. The van der Waals surface area contributed by atoms with Gasteiger partial charge in [-0.05, 0) is 43.3 Å². The van der Waals surface area contributed by atoms with Crippen LogP contribution in [-0.2, 0) is 4.79 Å². The summed E-state index contributed by atoms with van der Waals surface area (Å²) in [6.45, 7) is 3.25. The van der Waals surface area contributed by atoms with Gasteiger partial charge < -0.3 is 14.8 Å². The van der Waals surface area contributed by atoms with Gasteiger partial charge >= 0.3 is 0 Å². The second-order valence-electron chi connectivity index (χ2n) is 6.60. The number of nitrogens with zero attached hydrogens (tertiary/aromatic N) is 3. The third-order valence-electron chi connectivity index (χ3n) is 4.58. The number of hydrogen-bond donors (Lipinski definition) is 1. The third kappa shape index (κ3) is 3.89. The molecule has 0 atom stereocenters. The van der Waals surface area contributed by atoms with Crippen molar-refractivity contribution in [2.24, 2.45) is 0 Å². The largest absolute Gasteiger partial charge is 0.486 e. The van der Waals surface area contributed by atoms with Gasteiger partial charge in [0.1, 0.15) is 30.6 Å². The first kappa shape index (κ1) is 19.3. The standard InChI is InChI=1S/C23H20N4O3/c1-2-25-23(28)17(14-24)12-18-15-27(19-6-4-3-5-7-19)26-22(18)16-8-9-20-21(13-16)30-11-10-29-20/h3-9,12-13,15H,2,10-11H2,1H3,(H,25,28)/b17-12+. The summed E-state index contributed by atoms with van der Waals surface area (Å²) >= 11 is 0. The summed E-state index contributed by atoms with van der Waals surface area (Å²) in [5.41, 5.74) is 2.97. The Morgan fingerprint density at radius 1 is 1.20 bits per heavy atom. The fourth-order valence-electron chi connectivity index (χ4n) is 3.18. The minimum absolute atomic E-state index is 0.0169. The van der Waals surface area contributed by atoms with Gasteiger partial charge in [-0.15, -0.1) is 0 Å². The van der Waals surface area contributed by atoms with Gasteiger partial charge in [0, 0.05) is 23.9 Å². The van der Waals surface area contributed by atoms with Crippen LogP contribution in [0.15, 0.2) is 60.3 Å². The molecule has 0 saturated carbocycles. The Labute approximate surface area is 174 Å². The topological polar surface area (TPSA) is 89.2 Å². The van der Waals surface area contributed by atoms with Crippen molar-refractivity contribution in [3.8, 4) is 34.5 Å². The number of likely N-dealkylation sites (N-methyl/N-ethyl adjacent to an activating group) is 1. The van der Waals surface area contributed by atoms with E-state index in [1.54, 1.807) is 23.9 Å². The van der Waals surface area contributed by atoms with Crippen molar-refractivity contribution in [1.82, 2.24) is 15.1 Å². The summed E-state index contributed by atoms with van der Waals surface area (Å²) < 4.78 is 13.0. The van der Waals surface area contributed by atoms with Crippen molar-refractivity contribution in [3.05, 3.63) is 65.9 Å². The normalized spacial score (nSPS) is 12.9. The number of para-hydroxylation sites is 1. The molecule has 0 fully saturated rings. The van der Waals surface area contributed by atoms with Crippen molar-refractivity contribution in [2.45, 2.75) is 6.92 Å². The SMILES string of the molecule is CCNC(=O)/C(C#N)=C/c1cn(-c2ccccc2)nc1-c1ccc2c(c1)OCCO2. The molecule has 1 amide bonds. The second kappa shape index (κ2) is 8.53. The van der Waals surface area contributed by atoms with Gasteiger partial charge in [0.2, 0.25) is 0 Å². The number of fused-ring (bicyclic) bond motifs is 1. The molecule has 2 aromatic carbocycles. The lowest BCUT2D eigenvalue weighted by molar-refractivity contribution is -0.116. The van der Waals surface area contributed by atoms with Gasteiger partial charge in [0.05, 0.1) is 5.69 Å². The number of nitriles is 1. The summed E-state index contributed by atoms with van der Waals surface area (Å²) in [5, 5.41) is 16.9. The fraction of sp³-hybridized carbons (Fsp3) is 0.174. The van der Waals surface area contributed by atoms with Crippen LogP contribution in [0.2, 0.25) is 0 Å². The maximum absolute atomic E-state index is 12.2. The first-order chi connectivity index (χ1) is 14.7. The molecule has 0 radical (unpaired) electrons. The van der Waals surface area contributed by atoms with Crippen LogP contribution in [0.4, 0.5) is 0 Å². The highest BCUT2D eigenvalue weighted by atomic mass is 16.6. The summed E-state index contributed by atoms with van der Waals surface area (Å²) in [7, 11) is 0. The quantitative estimate of drug-likeness (QED) is 0.524. The highest BCUT2D eigenvalue weighted by Gasteiger charge is 2.18. The van der Waals surface area contributed by atoms with E-state index in [4.69, 9.17) is 14.6 Å². The summed E-state index contributed by atoms with van der Waals surface area (Å²) in [6.07, 6.45) is 3.36. The Morgan fingerprint density at radius 3 is 2.70 bits per heavy atom. The average molecular weight is 400 g/mol. The molecule has 1 aliphatic heterocycles. The number of ether oxygens (including phenoxy) is 2. The molecular formula is C23H20N4O3. The molecule has 1 N–H and O–H groups in total. The van der Waals surface area contributed by atoms with E-state index in [1.165, 1.54) is 0 Å². The number of nitrogens with one attached hydrogen (secondary N) is 1. The van der Waals surface area contributed by atoms with Crippen molar-refractivity contribution in [1.29, 1.82) is 5.26 Å². The van der Waals surface area contributed by atoms with Crippen LogP contribution in [0, 0.1) is 11.3 Å². The summed E-state index contributed by atoms with van der Waals surface area (Å²) in [6, 6.07) is 17.2. The zero-order valence-electron chi connectivity index (χ0n) is 16.5. The van der Waals surface area contributed by atoms with Crippen LogP contribution in [-0.4, -0.2) is 35.4 Å². The lowest BCUT2D eigenvalue weighted by Gasteiger charge is -2.18. The van der Waals surface area contributed by atoms with Gasteiger partial charge in [0.15, 0.2) is 11.5 Å². The Balaban J connectivity index is 1.83. The maximum Gasteiger partial charge on any atom is 0.261 e. The Kier molecular flexibility index (Phi) is 5.48. The molecule has 150 valence electrons. The van der Waals surface area contributed by atoms with E-state index in [9.17, 15) is 10.1 Å². The van der Waals surface area contributed by atoms with E-state index in [-0.39, 0.29) is 5.57 Å². The van der Waals surface area contributed by atoms with E-state index < -0.39 is 5.91 Å². The van der Waals surface area contributed by atoms with Crippen LogP contribution >= 0.6 is 0 Å². The monoisotopic (exact) mass is 400 g/mol. The molecule has 4 rings (SSSR count). The number of amides is 1. The van der Waals surface area contributed by atoms with Crippen LogP contribution in [0.5, 0.6) is 11.5 Å². The van der Waals surface area contributed by atoms with E-state index in [0.717, 1.165) is 11.3 Å². The second-order valence-corrected chi connectivity index (χ2v) is 6.60. The lowest BCUT2D eigenvalue weighted by Crippen LogP contribution is -2.23. The molecule has 0 saturated heterocycles. The van der Waals surface area contributed by atoms with Crippen molar-refractivity contribution in [2.75, 3.05) is 19.8 Å². The first-order valence-electron chi connectivity index (χ1n) is 9.64. The number of hydrogen-bond acceptors (Lipinski definition) is 5. The molecule has 7 nitrogen and oxygen atoms in total. The molecule has 30 heavy (non-hydrogen) atoms. The molecule has 0 spiro atoms. The highest BCUT2D eigenvalue weighted by Crippen LogP contribution is 2.35. The third-order valence-corrected chi connectivity index (χ3v) is 4.58. The van der Waals surface area contributed by atoms with Gasteiger partial charge in [-0.25, -0.2) is 4.68 Å². The molecule has 3 aromatic rings. The zero-order valence-corrected chi connectivity index (χ0v) is 16.5. The fourth-order valence-corrected chi connectivity index (χ4v) is 3.18. The van der Waals surface area contributed by atoms with Gasteiger partial charge in [0.25, 0.3) is 5.91 Å². The molecule has 2 heterocycles. The van der Waals surface area contributed by atoms with Crippen LogP contribution in [0.1, 0.15) is 12.5 Å². The predicted molar refractivity (Wildman–Crippen MR) is 112 cm³/mol. The molecule has 0 aliphatic carbocycles. The van der Waals surface area contributed by atoms with Gasteiger partial charge in [-0.2, -0.15) is 10.4 Å². The Hall–Kier alpha value is -4.05. The smallest absolute Gasteiger partial charge is 0.261 e. The highest BCUT2D eigenvalue weighted by molar-refractivity contribution is 6.02. The molecule has 1 aliphatic rings. The lowest BCUT2D eigenvalue weighted by atomic mass is 10.0. The van der Waals surface area contributed by atoms with Crippen molar-refractivity contribution >= 4 is 12.0 Å². The molecule has 0 bridgehead atoms. The van der Waals surface area contributed by atoms with Crippen LogP contribution in [0.25, 0.3) is 23.0 Å². The predicted octanol–water partition coefficient (Wildman–Crippen LogP) is 3.35. The van der Waals surface area contributed by atoms with Gasteiger partial charge in [-0.1, -0.05) is 18.2 Å². The minimum atomic E-state index is -0.416. The number of carbonyl (C=O) groups is 1. The van der Waals surface area contributed by atoms with Crippen LogP contribution < -0.4 is 14.8 Å². The number of carbonyl (C=O) groups excluding carboxylic acids is 1. The Bertz CT molecular complexity index is 1140. The van der Waals surface area contributed by atoms with Crippen molar-refractivity contribution < 1.29 is 14.3 Å². The minimum Gasteiger partial charge on any atom is -0.486 e. The maximum atomic E-state index is 12.2. The first-order valence-corrected chi connectivity index (χ1v) is 9.64. The average Bonchev–Trinajstić information content (AvgIpc) is 3.21. The zero-order chi connectivity index (χ0) is 20.9. The van der Waals surface area contributed by atoms with E-state index in [2.05, 4.69) is 5.32 Å². The number of benzene rings is 2. The number of rotatable bonds is 5. The summed E-state index contributed by atoms with van der Waals surface area (Å²) in [5.74, 6) is 0.914. The van der Waals surface area contributed by atoms with E-state index in [1.807, 2.05) is 54.6 Å². The molecule has 1 aromatic heterocycles. The Morgan fingerprint density at radius 2 is 1.97 bits per heavy atom. The van der Waals surface area contributed by atoms with E-state index >= 15 is 0 Å². The van der Waals surface area contributed by atoms with Gasteiger partial charge in [-0.3, -0.25) is 4.79 Å². The molecule has 7 heteroatoms.